The lowest BCUT2D eigenvalue weighted by Gasteiger charge is -2.43. The zero-order valence-corrected chi connectivity index (χ0v) is 70.3. The van der Waals surface area contributed by atoms with Crippen LogP contribution in [0.1, 0.15) is 236 Å². The Morgan fingerprint density at radius 2 is 0.655 bits per heavy atom. The summed E-state index contributed by atoms with van der Waals surface area (Å²) in [4.78, 5) is 177. The Morgan fingerprint density at radius 3 is 1.00 bits per heavy atom. The summed E-state index contributed by atoms with van der Waals surface area (Å²) in [6.07, 6.45) is -0.702. The van der Waals surface area contributed by atoms with E-state index in [-0.39, 0.29) is 208 Å². The Kier molecular flexibility index (Phi) is 47.9. The molecular weight excluding hydrogens is 1510 g/mol. The predicted octanol–water partition coefficient (Wildman–Crippen LogP) is 7.23. The van der Waals surface area contributed by atoms with Gasteiger partial charge in [-0.3, -0.25) is 67.1 Å². The van der Waals surface area contributed by atoms with Crippen molar-refractivity contribution in [1.82, 2.24) is 31.9 Å². The van der Waals surface area contributed by atoms with E-state index in [4.69, 9.17) is 61.6 Å². The van der Waals surface area contributed by atoms with Crippen LogP contribution < -0.4 is 31.9 Å². The molecule has 116 heavy (non-hydrogen) atoms. The van der Waals surface area contributed by atoms with Gasteiger partial charge in [0.15, 0.2) is 18.9 Å². The molecule has 1 aromatic rings. The fourth-order valence-electron chi connectivity index (χ4n) is 13.8. The summed E-state index contributed by atoms with van der Waals surface area (Å²) in [6.45, 7) is 20.9. The number of esters is 7. The molecule has 3 saturated heterocycles. The number of amides is 6. The van der Waals surface area contributed by atoms with Crippen molar-refractivity contribution < 1.29 is 129 Å². The number of Topliss-reactive ketones (excluding diaryl/α,β-unsaturated/α-hetero) is 1. The van der Waals surface area contributed by atoms with Crippen molar-refractivity contribution >= 4 is 83.0 Å². The van der Waals surface area contributed by atoms with Crippen LogP contribution >= 0.6 is 0 Å². The number of carbonyl (C=O) groups excluding carboxylic acids is 14. The van der Waals surface area contributed by atoms with Gasteiger partial charge in [-0.05, 0) is 95.5 Å². The number of ether oxygens (including phenoxy) is 13. The van der Waals surface area contributed by atoms with Gasteiger partial charge in [0.1, 0.15) is 68.8 Å². The van der Waals surface area contributed by atoms with Crippen LogP contribution in [0.4, 0.5) is 0 Å². The van der Waals surface area contributed by atoms with Crippen LogP contribution in [0.5, 0.6) is 0 Å². The Balaban J connectivity index is 1.33. The number of carbonyl (C=O) groups is 14. The first-order valence-corrected chi connectivity index (χ1v) is 41.3. The highest BCUT2D eigenvalue weighted by atomic mass is 16.7. The SMILES string of the molecule is CC(=O)OCC1OC(OCCCCC(=O)CCCCNC(=O)CCC(CCC(=O)NCCCNC(=O)CCCCOC2OC(COC(C)=O)C(OC(C)=O)C(C)C2C)(CCC(=O)NCCCNC(=O)CCCCOC2OC(COC(C)=O)C(OC(C)=O)C(C)C2C)NC(=O)CCCC(=O)OCc2ccccc2)C(C)C(C)C1OC(C)=O. The van der Waals surface area contributed by atoms with Gasteiger partial charge in [-0.15, -0.1) is 0 Å². The first-order chi connectivity index (χ1) is 55.3. The summed E-state index contributed by atoms with van der Waals surface area (Å²) in [5, 5.41) is 17.5. The maximum Gasteiger partial charge on any atom is 0.306 e. The topological polar surface area (TPSA) is 431 Å². The van der Waals surface area contributed by atoms with Gasteiger partial charge >= 0.3 is 41.8 Å². The van der Waals surface area contributed by atoms with E-state index < -0.39 is 121 Å². The Hall–Kier alpha value is -8.24. The normalized spacial score (nSPS) is 23.5. The van der Waals surface area contributed by atoms with Gasteiger partial charge in [0.2, 0.25) is 35.4 Å². The number of ketones is 1. The fourth-order valence-corrected chi connectivity index (χ4v) is 13.8. The summed E-state index contributed by atoms with van der Waals surface area (Å²) >= 11 is 0. The fraction of sp³-hybridized carbons (Fsp3) is 0.759. The third-order valence-electron chi connectivity index (χ3n) is 21.0. The molecule has 6 N–H and O–H groups in total. The van der Waals surface area contributed by atoms with Crippen LogP contribution in [0, 0.1) is 35.5 Å². The first-order valence-electron chi connectivity index (χ1n) is 41.3. The van der Waals surface area contributed by atoms with Gasteiger partial charge in [-0.1, -0.05) is 71.9 Å². The highest BCUT2D eigenvalue weighted by Crippen LogP contribution is 2.37. The summed E-state index contributed by atoms with van der Waals surface area (Å²) < 4.78 is 74.1. The summed E-state index contributed by atoms with van der Waals surface area (Å²) in [5.74, 6) is -6.49. The molecule has 3 heterocycles. The zero-order valence-electron chi connectivity index (χ0n) is 70.3. The van der Waals surface area contributed by atoms with Crippen LogP contribution in [-0.2, 0) is 135 Å². The van der Waals surface area contributed by atoms with Gasteiger partial charge in [-0.2, -0.15) is 0 Å². The van der Waals surface area contributed by atoms with Gasteiger partial charge in [0, 0.05) is 193 Å². The molecule has 15 atom stereocenters. The van der Waals surface area contributed by atoms with Crippen LogP contribution in [0.3, 0.4) is 0 Å². The molecule has 33 heteroatoms. The Labute approximate surface area is 683 Å². The lowest BCUT2D eigenvalue weighted by molar-refractivity contribution is -0.273. The standard InChI is InChI=1S/C83H132N6O27/c1-53-56(4)80(114-67(50-107-59(7)90)77(53)111-62(10)93)104-46-21-17-30-66(96)29-16-20-41-84-72(99)35-38-83(89-75(102)33-24-34-76(103)110-49-65-27-14-13-15-28-65,39-36-73(100)87-44-25-42-85-70(97)31-18-22-47-105-81-57(5)54(2)78(112-63(11)94)68(115-81)51-108-60(8)91)40-37-74(101)88-45-26-43-86-71(98)32-19-23-48-106-82-58(6)55(3)79(113-64(12)95)69(116-82)52-109-61(9)92/h13-15,27-28,53-58,67-69,77-82H,16-26,29-52H2,1-12H3,(H,84,99)(H,85,97)(H,86,98)(H,87,100)(H,88,101)(H,89,102). The minimum absolute atomic E-state index is 0.00267. The third kappa shape index (κ3) is 40.8. The Morgan fingerprint density at radius 1 is 0.336 bits per heavy atom. The largest absolute Gasteiger partial charge is 0.463 e. The van der Waals surface area contributed by atoms with E-state index in [2.05, 4.69) is 31.9 Å². The van der Waals surface area contributed by atoms with Crippen molar-refractivity contribution in [2.24, 2.45) is 35.5 Å². The van der Waals surface area contributed by atoms with Crippen LogP contribution in [-0.4, -0.2) is 216 Å². The van der Waals surface area contributed by atoms with E-state index in [0.29, 0.717) is 77.2 Å². The van der Waals surface area contributed by atoms with E-state index in [1.165, 1.54) is 41.5 Å². The lowest BCUT2D eigenvalue weighted by Crippen LogP contribution is -2.53. The molecule has 0 radical (unpaired) electrons. The number of unbranched alkanes of at least 4 members (excludes halogenated alkanes) is 4. The number of hydrogen-bond acceptors (Lipinski definition) is 27. The number of benzene rings is 1. The molecule has 0 saturated carbocycles. The highest BCUT2D eigenvalue weighted by molar-refractivity contribution is 5.81. The minimum atomic E-state index is -1.31. The highest BCUT2D eigenvalue weighted by Gasteiger charge is 2.47. The molecule has 1 aromatic carbocycles. The molecule has 3 aliphatic rings. The molecule has 0 bridgehead atoms. The smallest absolute Gasteiger partial charge is 0.306 e. The van der Waals surface area contributed by atoms with E-state index in [1.54, 1.807) is 0 Å². The summed E-state index contributed by atoms with van der Waals surface area (Å²) in [7, 11) is 0. The molecule has 3 aliphatic heterocycles. The van der Waals surface area contributed by atoms with Gasteiger partial charge in [0.05, 0.1) is 0 Å². The van der Waals surface area contributed by atoms with Crippen molar-refractivity contribution in [3.8, 4) is 0 Å². The average molecular weight is 1650 g/mol. The maximum atomic E-state index is 14.1. The Bertz CT molecular complexity index is 2970. The average Bonchev–Trinajstić information content (AvgIpc) is 0.815. The predicted molar refractivity (Wildman–Crippen MR) is 419 cm³/mol. The molecule has 15 unspecified atom stereocenters. The molecule has 33 nitrogen and oxygen atoms in total. The summed E-state index contributed by atoms with van der Waals surface area (Å²) in [6, 6.07) is 9.12. The maximum absolute atomic E-state index is 14.1. The van der Waals surface area contributed by atoms with E-state index >= 15 is 0 Å². The molecule has 0 aromatic heterocycles. The van der Waals surface area contributed by atoms with Gasteiger partial charge < -0.3 is 93.5 Å². The molecule has 4 rings (SSSR count). The van der Waals surface area contributed by atoms with Crippen molar-refractivity contribution in [2.75, 3.05) is 72.4 Å². The van der Waals surface area contributed by atoms with Gasteiger partial charge in [0.25, 0.3) is 0 Å². The second kappa shape index (κ2) is 55.4. The molecular formula is C83H132N6O27. The van der Waals surface area contributed by atoms with E-state index in [1.807, 2.05) is 71.9 Å². The zero-order chi connectivity index (χ0) is 85.5. The van der Waals surface area contributed by atoms with Crippen LogP contribution in [0.2, 0.25) is 0 Å². The second-order valence-electron chi connectivity index (χ2n) is 30.7. The van der Waals surface area contributed by atoms with Crippen LogP contribution in [0.25, 0.3) is 0 Å². The number of nitrogens with one attached hydrogen (secondary N) is 6. The molecule has 0 spiro atoms. The first kappa shape index (κ1) is 100. The number of hydrogen-bond donors (Lipinski definition) is 6. The quantitative estimate of drug-likeness (QED) is 0.0213. The molecule has 0 aliphatic carbocycles. The van der Waals surface area contributed by atoms with Crippen LogP contribution in [0.15, 0.2) is 30.3 Å². The molecule has 3 fully saturated rings. The van der Waals surface area contributed by atoms with Crippen molar-refractivity contribution in [1.29, 1.82) is 0 Å². The van der Waals surface area contributed by atoms with E-state index in [9.17, 15) is 67.1 Å². The number of rotatable bonds is 56. The lowest BCUT2D eigenvalue weighted by atomic mass is 9.82. The van der Waals surface area contributed by atoms with Crippen molar-refractivity contribution in [2.45, 2.75) is 298 Å². The minimum Gasteiger partial charge on any atom is -0.463 e. The van der Waals surface area contributed by atoms with Crippen molar-refractivity contribution in [3.63, 3.8) is 0 Å². The van der Waals surface area contributed by atoms with E-state index in [0.717, 1.165) is 5.56 Å². The summed E-state index contributed by atoms with van der Waals surface area (Å²) in [5.41, 5.74) is -0.517. The van der Waals surface area contributed by atoms with Crippen molar-refractivity contribution in [3.05, 3.63) is 35.9 Å². The monoisotopic (exact) mass is 1640 g/mol. The second-order valence-corrected chi connectivity index (χ2v) is 30.7. The third-order valence-corrected chi connectivity index (χ3v) is 21.0. The molecule has 656 valence electrons. The molecule has 6 amide bonds. The van der Waals surface area contributed by atoms with Gasteiger partial charge in [-0.25, -0.2) is 0 Å².